The molecule has 0 saturated carbocycles. The zero-order valence-electron chi connectivity index (χ0n) is 33.5. The lowest BCUT2D eigenvalue weighted by atomic mass is 9.82. The molecule has 13 heteroatoms. The maximum absolute atomic E-state index is 14.5. The maximum atomic E-state index is 14.5. The number of ether oxygens (including phenoxy) is 2. The van der Waals surface area contributed by atoms with Crippen molar-refractivity contribution in [1.82, 2.24) is 15.0 Å². The Balaban J connectivity index is 1.09. The molecule has 3 amide bonds. The molecule has 1 aliphatic heterocycles. The van der Waals surface area contributed by atoms with Crippen molar-refractivity contribution in [3.05, 3.63) is 173 Å². The first-order valence-corrected chi connectivity index (χ1v) is 19.5. The summed E-state index contributed by atoms with van der Waals surface area (Å²) in [5.41, 5.74) is 3.14. The number of aromatic nitrogens is 3. The van der Waals surface area contributed by atoms with Gasteiger partial charge < -0.3 is 35.2 Å². The van der Waals surface area contributed by atoms with Crippen LogP contribution < -0.4 is 25.0 Å². The number of anilines is 3. The van der Waals surface area contributed by atoms with Crippen LogP contribution in [0.4, 0.5) is 17.1 Å². The molecule has 6 aromatic rings. The Bertz CT molecular complexity index is 2470. The first kappa shape index (κ1) is 41.1. The van der Waals surface area contributed by atoms with Gasteiger partial charge in [-0.3, -0.25) is 19.1 Å². The van der Waals surface area contributed by atoms with E-state index in [1.807, 2.05) is 60.8 Å². The van der Waals surface area contributed by atoms with Gasteiger partial charge in [-0.25, -0.2) is 0 Å². The fourth-order valence-electron chi connectivity index (χ4n) is 7.23. The zero-order valence-corrected chi connectivity index (χ0v) is 33.5. The lowest BCUT2D eigenvalue weighted by Crippen LogP contribution is -2.44. The summed E-state index contributed by atoms with van der Waals surface area (Å²) in [6.07, 6.45) is 6.06. The highest BCUT2D eigenvalue weighted by Crippen LogP contribution is 2.47. The van der Waals surface area contributed by atoms with Gasteiger partial charge in [0, 0.05) is 46.7 Å². The van der Waals surface area contributed by atoms with Crippen molar-refractivity contribution in [3.63, 3.8) is 0 Å². The number of aryl methyl sites for hydroxylation is 1. The molecule has 4 N–H and O–H groups in total. The summed E-state index contributed by atoms with van der Waals surface area (Å²) in [4.78, 5) is 42.1. The van der Waals surface area contributed by atoms with Gasteiger partial charge in [-0.1, -0.05) is 66.8 Å². The summed E-state index contributed by atoms with van der Waals surface area (Å²) in [5.74, 6) is -0.860. The van der Waals surface area contributed by atoms with Gasteiger partial charge in [0.2, 0.25) is 0 Å². The van der Waals surface area contributed by atoms with Crippen LogP contribution in [0.25, 0.3) is 0 Å². The second kappa shape index (κ2) is 18.2. The van der Waals surface area contributed by atoms with Crippen LogP contribution in [0.3, 0.4) is 0 Å². The van der Waals surface area contributed by atoms with Gasteiger partial charge in [0.25, 0.3) is 17.7 Å². The average molecular weight is 807 g/mol. The third-order valence-electron chi connectivity index (χ3n) is 10.7. The molecule has 306 valence electrons. The molecular formula is C47H46N6O7. The molecular weight excluding hydrogens is 761 g/mol. The topological polar surface area (TPSA) is 168 Å². The van der Waals surface area contributed by atoms with E-state index in [-0.39, 0.29) is 30.9 Å². The van der Waals surface area contributed by atoms with Gasteiger partial charge in [0.1, 0.15) is 11.5 Å². The Morgan fingerprint density at radius 3 is 2.02 bits per heavy atom. The molecule has 1 unspecified atom stereocenters. The number of rotatable bonds is 16. The lowest BCUT2D eigenvalue weighted by Gasteiger charge is -2.28. The fourth-order valence-corrected chi connectivity index (χ4v) is 7.23. The average Bonchev–Trinajstić information content (AvgIpc) is 3.83. The fraction of sp³-hybridized carbons (Fsp3) is 0.213. The van der Waals surface area contributed by atoms with Gasteiger partial charge >= 0.3 is 0 Å². The Morgan fingerprint density at radius 2 is 1.42 bits per heavy atom. The summed E-state index contributed by atoms with van der Waals surface area (Å²) in [5, 5.41) is 36.9. The number of hydrogen-bond donors (Lipinski definition) is 4. The van der Waals surface area contributed by atoms with E-state index in [9.17, 15) is 24.6 Å². The first-order chi connectivity index (χ1) is 29.1. The number of allylic oxidation sites excluding steroid dienone is 1. The van der Waals surface area contributed by atoms with E-state index >= 15 is 0 Å². The predicted octanol–water partition coefficient (Wildman–Crippen LogP) is 6.94. The number of methoxy groups -OCH3 is 2. The number of hydrogen-bond acceptors (Lipinski definition) is 9. The van der Waals surface area contributed by atoms with Gasteiger partial charge in [0.05, 0.1) is 44.7 Å². The predicted molar refractivity (Wildman–Crippen MR) is 228 cm³/mol. The molecule has 0 radical (unpaired) electrons. The van der Waals surface area contributed by atoms with Crippen molar-refractivity contribution in [2.45, 2.75) is 38.0 Å². The van der Waals surface area contributed by atoms with Crippen molar-refractivity contribution in [2.24, 2.45) is 5.92 Å². The van der Waals surface area contributed by atoms with Gasteiger partial charge in [-0.2, -0.15) is 0 Å². The first-order valence-electron chi connectivity index (χ1n) is 19.5. The Morgan fingerprint density at radius 1 is 0.817 bits per heavy atom. The number of fused-ring (bicyclic) bond motifs is 1. The molecule has 2 heterocycles. The van der Waals surface area contributed by atoms with Gasteiger partial charge in [-0.15, -0.1) is 5.10 Å². The molecule has 1 aliphatic rings. The van der Waals surface area contributed by atoms with Crippen molar-refractivity contribution in [3.8, 4) is 11.5 Å². The third-order valence-corrected chi connectivity index (χ3v) is 10.7. The quantitative estimate of drug-likeness (QED) is 0.0758. The number of nitrogens with zero attached hydrogens (tertiary/aromatic N) is 4. The molecule has 0 saturated heterocycles. The third kappa shape index (κ3) is 8.82. The van der Waals surface area contributed by atoms with Crippen LogP contribution in [0.1, 0.15) is 62.4 Å². The molecule has 3 atom stereocenters. The number of aliphatic hydroxyl groups excluding tert-OH is 1. The maximum Gasteiger partial charge on any atom is 0.264 e. The Labute approximate surface area is 347 Å². The van der Waals surface area contributed by atoms with Crippen LogP contribution in [0, 0.1) is 5.92 Å². The lowest BCUT2D eigenvalue weighted by molar-refractivity contribution is -0.139. The van der Waals surface area contributed by atoms with Crippen molar-refractivity contribution < 1.29 is 34.1 Å². The van der Waals surface area contributed by atoms with E-state index in [1.54, 1.807) is 110 Å². The molecule has 0 aliphatic carbocycles. The Kier molecular flexibility index (Phi) is 12.5. The van der Waals surface area contributed by atoms with E-state index in [2.05, 4.69) is 20.9 Å². The van der Waals surface area contributed by atoms with Crippen LogP contribution >= 0.6 is 0 Å². The number of nitrogens with one attached hydrogen (secondary N) is 2. The summed E-state index contributed by atoms with van der Waals surface area (Å²) in [7, 11) is 3.11. The summed E-state index contributed by atoms with van der Waals surface area (Å²) in [6, 6.07) is 35.4. The monoisotopic (exact) mass is 806 g/mol. The van der Waals surface area contributed by atoms with Crippen molar-refractivity contribution >= 4 is 34.8 Å². The minimum Gasteiger partial charge on any atom is -0.497 e. The van der Waals surface area contributed by atoms with Gasteiger partial charge in [-0.05, 0) is 96.4 Å². The highest BCUT2D eigenvalue weighted by Gasteiger charge is 2.52. The minimum absolute atomic E-state index is 0.104. The van der Waals surface area contributed by atoms with Crippen molar-refractivity contribution in [2.75, 3.05) is 36.4 Å². The summed E-state index contributed by atoms with van der Waals surface area (Å²) < 4.78 is 12.1. The van der Waals surface area contributed by atoms with Crippen LogP contribution in [-0.4, -0.2) is 63.8 Å². The van der Waals surface area contributed by atoms with Crippen LogP contribution in [0.15, 0.2) is 140 Å². The number of carbonyl (C=O) groups is 3. The SMILES string of the molecule is COc1ccc(C(=O)Nc2ccc(CN3C(=O)[C@@](O)([C@@H](C)/C=C/CCn4cc(C(CO)c5ccccc5)nn4)c4cc(NC(=O)c5ccc(OC)cc5)ccc43)cc2)cc1. The number of benzene rings is 5. The van der Waals surface area contributed by atoms with Gasteiger partial charge in [0.15, 0.2) is 5.60 Å². The van der Waals surface area contributed by atoms with Crippen LogP contribution in [0.5, 0.6) is 11.5 Å². The van der Waals surface area contributed by atoms with Crippen molar-refractivity contribution in [1.29, 1.82) is 0 Å². The zero-order chi connectivity index (χ0) is 42.2. The molecule has 0 bridgehead atoms. The highest BCUT2D eigenvalue weighted by molar-refractivity contribution is 6.09. The van der Waals surface area contributed by atoms with Crippen LogP contribution in [-0.2, 0) is 23.5 Å². The minimum atomic E-state index is -1.97. The number of amides is 3. The Hall–Kier alpha value is -7.09. The number of aliphatic hydroxyl groups is 2. The molecule has 1 aromatic heterocycles. The molecule has 5 aromatic carbocycles. The second-order valence-electron chi connectivity index (χ2n) is 14.5. The van der Waals surface area contributed by atoms with E-state index in [4.69, 9.17) is 9.47 Å². The van der Waals surface area contributed by atoms with Crippen LogP contribution in [0.2, 0.25) is 0 Å². The largest absolute Gasteiger partial charge is 0.497 e. The molecule has 13 nitrogen and oxygen atoms in total. The van der Waals surface area contributed by atoms with E-state index in [0.717, 1.165) is 11.1 Å². The summed E-state index contributed by atoms with van der Waals surface area (Å²) in [6.45, 7) is 2.30. The standard InChI is InChI=1S/C47H46N6O7/c1-31(9-7-8-26-52-29-42(50-51-52)40(30-54)33-10-5-4-6-11-33)47(58)41-27-37(49-45(56)35-16-23-39(60-3)24-17-35)20-25-43(41)53(46(47)57)28-32-12-18-36(19-13-32)48-44(55)34-14-21-38(59-2)22-15-34/h4-7,9-25,27,29,31,40,54,58H,8,26,28,30H2,1-3H3,(H,48,55)(H,49,56)/b9-7+/t31-,40?,47+/m0/s1. The van der Waals surface area contributed by atoms with E-state index in [0.29, 0.717) is 63.9 Å². The summed E-state index contributed by atoms with van der Waals surface area (Å²) >= 11 is 0. The molecule has 7 rings (SSSR count). The smallest absolute Gasteiger partial charge is 0.264 e. The van der Waals surface area contributed by atoms with E-state index < -0.39 is 17.4 Å². The number of carbonyl (C=O) groups excluding carboxylic acids is 3. The van der Waals surface area contributed by atoms with E-state index in [1.165, 1.54) is 0 Å². The molecule has 0 fully saturated rings. The normalized spacial score (nSPS) is 15.7. The highest BCUT2D eigenvalue weighted by atomic mass is 16.5. The second-order valence-corrected chi connectivity index (χ2v) is 14.5. The molecule has 60 heavy (non-hydrogen) atoms. The molecule has 0 spiro atoms.